The smallest absolute Gasteiger partial charge is 0.0693 e. The van der Waals surface area contributed by atoms with Crippen molar-refractivity contribution in [3.63, 3.8) is 0 Å². The quantitative estimate of drug-likeness (QED) is 0.666. The molecule has 0 saturated carbocycles. The lowest BCUT2D eigenvalue weighted by molar-refractivity contribution is 0.0613. The van der Waals surface area contributed by atoms with E-state index in [2.05, 4.69) is 33.0 Å². The molecule has 1 atom stereocenters. The van der Waals surface area contributed by atoms with Crippen molar-refractivity contribution >= 4 is 0 Å². The third kappa shape index (κ3) is 2.76. The molecule has 2 nitrogen and oxygen atoms in total. The molecule has 0 amide bonds. The summed E-state index contributed by atoms with van der Waals surface area (Å²) in [4.78, 5) is 0. The van der Waals surface area contributed by atoms with E-state index in [1.165, 1.54) is 0 Å². The van der Waals surface area contributed by atoms with Crippen molar-refractivity contribution in [3.8, 4) is 0 Å². The second-order valence-electron chi connectivity index (χ2n) is 3.84. The van der Waals surface area contributed by atoms with Gasteiger partial charge in [-0.05, 0) is 19.8 Å². The van der Waals surface area contributed by atoms with Crippen molar-refractivity contribution in [3.05, 3.63) is 0 Å². The summed E-state index contributed by atoms with van der Waals surface area (Å²) in [5, 5.41) is 13.1. The number of hydrogen-bond donors (Lipinski definition) is 2. The molecule has 12 heavy (non-hydrogen) atoms. The Morgan fingerprint density at radius 2 is 1.58 bits per heavy atom. The molecule has 74 valence electrons. The Balaban J connectivity index is 4.35. The van der Waals surface area contributed by atoms with Crippen LogP contribution in [0.3, 0.4) is 0 Å². The zero-order valence-corrected chi connectivity index (χ0v) is 9.02. The van der Waals surface area contributed by atoms with Crippen LogP contribution in [-0.4, -0.2) is 22.8 Å². The minimum absolute atomic E-state index is 0.0891. The maximum atomic E-state index is 9.65. The molecule has 0 heterocycles. The van der Waals surface area contributed by atoms with E-state index in [4.69, 9.17) is 0 Å². The fraction of sp³-hybridized carbons (Fsp3) is 1.00. The van der Waals surface area contributed by atoms with Gasteiger partial charge in [0.25, 0.3) is 0 Å². The highest BCUT2D eigenvalue weighted by molar-refractivity contribution is 4.91. The van der Waals surface area contributed by atoms with Gasteiger partial charge in [0.1, 0.15) is 0 Å². The predicted molar refractivity (Wildman–Crippen MR) is 53.3 cm³/mol. The number of hydrogen-bond acceptors (Lipinski definition) is 2. The Labute approximate surface area is 76.4 Å². The van der Waals surface area contributed by atoms with Gasteiger partial charge in [0.05, 0.1) is 6.10 Å². The number of rotatable bonds is 5. The van der Waals surface area contributed by atoms with Crippen LogP contribution in [0.4, 0.5) is 0 Å². The summed E-state index contributed by atoms with van der Waals surface area (Å²) in [6, 6.07) is 0.430. The highest BCUT2D eigenvalue weighted by Crippen LogP contribution is 2.20. The van der Waals surface area contributed by atoms with Crippen LogP contribution in [-0.2, 0) is 0 Å². The third-order valence-corrected chi connectivity index (χ3v) is 2.64. The SMILES string of the molecule is CCC(CC)(NC(C)C)C(C)O. The fourth-order valence-electron chi connectivity index (χ4n) is 1.74. The maximum Gasteiger partial charge on any atom is 0.0693 e. The van der Waals surface area contributed by atoms with E-state index in [1.54, 1.807) is 0 Å². The molecule has 0 aromatic rings. The van der Waals surface area contributed by atoms with Gasteiger partial charge in [-0.1, -0.05) is 27.7 Å². The van der Waals surface area contributed by atoms with Gasteiger partial charge >= 0.3 is 0 Å². The minimum atomic E-state index is -0.283. The predicted octanol–water partition coefficient (Wildman–Crippen LogP) is 1.92. The van der Waals surface area contributed by atoms with E-state index in [0.29, 0.717) is 6.04 Å². The number of nitrogens with one attached hydrogen (secondary N) is 1. The van der Waals surface area contributed by atoms with Gasteiger partial charge in [0.2, 0.25) is 0 Å². The van der Waals surface area contributed by atoms with E-state index in [0.717, 1.165) is 12.8 Å². The van der Waals surface area contributed by atoms with Gasteiger partial charge in [-0.2, -0.15) is 0 Å². The zero-order chi connectivity index (χ0) is 9.78. The van der Waals surface area contributed by atoms with Crippen LogP contribution in [0.1, 0.15) is 47.5 Å². The molecule has 0 aromatic heterocycles. The molecular formula is C10H23NO. The molecule has 0 saturated heterocycles. The highest BCUT2D eigenvalue weighted by Gasteiger charge is 2.31. The minimum Gasteiger partial charge on any atom is -0.391 e. The van der Waals surface area contributed by atoms with Gasteiger partial charge in [-0.3, -0.25) is 0 Å². The lowest BCUT2D eigenvalue weighted by Crippen LogP contribution is -2.55. The highest BCUT2D eigenvalue weighted by atomic mass is 16.3. The molecular weight excluding hydrogens is 150 g/mol. The van der Waals surface area contributed by atoms with Gasteiger partial charge in [-0.25, -0.2) is 0 Å². The van der Waals surface area contributed by atoms with Crippen molar-refractivity contribution in [1.29, 1.82) is 0 Å². The van der Waals surface area contributed by atoms with Crippen molar-refractivity contribution in [2.24, 2.45) is 0 Å². The van der Waals surface area contributed by atoms with Crippen molar-refractivity contribution in [2.45, 2.75) is 65.1 Å². The normalized spacial score (nSPS) is 15.2. The molecule has 0 bridgehead atoms. The van der Waals surface area contributed by atoms with Gasteiger partial charge in [0, 0.05) is 11.6 Å². The van der Waals surface area contributed by atoms with Crippen LogP contribution in [0.5, 0.6) is 0 Å². The summed E-state index contributed by atoms with van der Waals surface area (Å²) in [6.45, 7) is 10.3. The fourth-order valence-corrected chi connectivity index (χ4v) is 1.74. The van der Waals surface area contributed by atoms with Crippen LogP contribution in [0.25, 0.3) is 0 Å². The van der Waals surface area contributed by atoms with E-state index in [1.807, 2.05) is 6.92 Å². The van der Waals surface area contributed by atoms with Crippen LogP contribution < -0.4 is 5.32 Å². The second-order valence-corrected chi connectivity index (χ2v) is 3.84. The molecule has 0 aromatic carbocycles. The Morgan fingerprint density at radius 1 is 1.17 bits per heavy atom. The van der Waals surface area contributed by atoms with Crippen molar-refractivity contribution in [2.75, 3.05) is 0 Å². The summed E-state index contributed by atoms with van der Waals surface area (Å²) >= 11 is 0. The van der Waals surface area contributed by atoms with Gasteiger partial charge in [-0.15, -0.1) is 0 Å². The molecule has 0 aliphatic carbocycles. The zero-order valence-electron chi connectivity index (χ0n) is 9.02. The Hall–Kier alpha value is -0.0800. The van der Waals surface area contributed by atoms with E-state index < -0.39 is 0 Å². The van der Waals surface area contributed by atoms with Gasteiger partial charge < -0.3 is 10.4 Å². The lowest BCUT2D eigenvalue weighted by Gasteiger charge is -2.37. The molecule has 0 spiro atoms. The van der Waals surface area contributed by atoms with Gasteiger partial charge in [0.15, 0.2) is 0 Å². The summed E-state index contributed by atoms with van der Waals surface area (Å²) in [7, 11) is 0. The average Bonchev–Trinajstić information content (AvgIpc) is 1.99. The third-order valence-electron chi connectivity index (χ3n) is 2.64. The van der Waals surface area contributed by atoms with Crippen LogP contribution >= 0.6 is 0 Å². The second kappa shape index (κ2) is 4.83. The first-order valence-corrected chi connectivity index (χ1v) is 4.94. The topological polar surface area (TPSA) is 32.3 Å². The first-order valence-electron chi connectivity index (χ1n) is 4.94. The van der Waals surface area contributed by atoms with Crippen LogP contribution in [0.2, 0.25) is 0 Å². The molecule has 0 aliphatic heterocycles. The first-order chi connectivity index (χ1) is 5.48. The number of aliphatic hydroxyl groups excluding tert-OH is 1. The molecule has 1 unspecified atom stereocenters. The summed E-state index contributed by atoms with van der Waals surface area (Å²) in [5.74, 6) is 0. The number of aliphatic hydroxyl groups is 1. The van der Waals surface area contributed by atoms with E-state index in [-0.39, 0.29) is 11.6 Å². The molecule has 2 N–H and O–H groups in total. The average molecular weight is 173 g/mol. The largest absolute Gasteiger partial charge is 0.391 e. The molecule has 0 rings (SSSR count). The monoisotopic (exact) mass is 173 g/mol. The van der Waals surface area contributed by atoms with Crippen LogP contribution in [0, 0.1) is 0 Å². The standard InChI is InChI=1S/C10H23NO/c1-6-10(7-2,9(5)12)11-8(3)4/h8-9,11-12H,6-7H2,1-5H3. The van der Waals surface area contributed by atoms with Crippen LogP contribution in [0.15, 0.2) is 0 Å². The maximum absolute atomic E-state index is 9.65. The Bertz CT molecular complexity index is 117. The summed E-state index contributed by atoms with van der Waals surface area (Å²) in [5.41, 5.74) is -0.0891. The summed E-state index contributed by atoms with van der Waals surface area (Å²) < 4.78 is 0. The van der Waals surface area contributed by atoms with Crippen molar-refractivity contribution < 1.29 is 5.11 Å². The molecule has 0 radical (unpaired) electrons. The summed E-state index contributed by atoms with van der Waals surface area (Å²) in [6.07, 6.45) is 1.66. The Kier molecular flexibility index (Phi) is 4.80. The Morgan fingerprint density at radius 3 is 1.67 bits per heavy atom. The molecule has 0 fully saturated rings. The van der Waals surface area contributed by atoms with Crippen molar-refractivity contribution in [1.82, 2.24) is 5.32 Å². The van der Waals surface area contributed by atoms with E-state index in [9.17, 15) is 5.11 Å². The molecule has 2 heteroatoms. The molecule has 0 aliphatic rings. The van der Waals surface area contributed by atoms with E-state index >= 15 is 0 Å². The lowest BCUT2D eigenvalue weighted by atomic mass is 9.86. The first kappa shape index (κ1) is 11.9.